The number of nitrogens with zero attached hydrogens (tertiary/aromatic N) is 1. The summed E-state index contributed by atoms with van der Waals surface area (Å²) in [7, 11) is 0. The van der Waals surface area contributed by atoms with E-state index in [0.29, 0.717) is 19.4 Å². The fourth-order valence-electron chi connectivity index (χ4n) is 3.90. The van der Waals surface area contributed by atoms with E-state index in [2.05, 4.69) is 5.32 Å². The molecule has 0 spiro atoms. The van der Waals surface area contributed by atoms with Gasteiger partial charge in [0.25, 0.3) is 0 Å². The zero-order valence-electron chi connectivity index (χ0n) is 17.4. The van der Waals surface area contributed by atoms with Crippen molar-refractivity contribution < 1.29 is 19.4 Å². The predicted octanol–water partition coefficient (Wildman–Crippen LogP) is 3.29. The van der Waals surface area contributed by atoms with Gasteiger partial charge in [-0.15, -0.1) is 0 Å². The first kappa shape index (κ1) is 21.8. The largest absolute Gasteiger partial charge is 0.445 e. The number of aliphatic hydroxyl groups excluding tert-OH is 1. The molecule has 0 aromatic heterocycles. The summed E-state index contributed by atoms with van der Waals surface area (Å²) in [6.45, 7) is 2.64. The molecule has 160 valence electrons. The van der Waals surface area contributed by atoms with E-state index in [1.807, 2.05) is 67.6 Å². The van der Waals surface area contributed by atoms with Crippen LogP contribution >= 0.6 is 0 Å². The van der Waals surface area contributed by atoms with Gasteiger partial charge < -0.3 is 20.1 Å². The molecule has 2 aromatic rings. The zero-order chi connectivity index (χ0) is 21.3. The molecule has 1 unspecified atom stereocenters. The van der Waals surface area contributed by atoms with Crippen molar-refractivity contribution in [3.8, 4) is 0 Å². The molecule has 0 bridgehead atoms. The van der Waals surface area contributed by atoms with Crippen LogP contribution in [0.4, 0.5) is 4.79 Å². The molecule has 6 nitrogen and oxygen atoms in total. The third-order valence-electron chi connectivity index (χ3n) is 5.53. The second-order valence-corrected chi connectivity index (χ2v) is 7.67. The Hall–Kier alpha value is -2.86. The Balaban J connectivity index is 1.69. The quantitative estimate of drug-likeness (QED) is 0.700. The van der Waals surface area contributed by atoms with Crippen LogP contribution in [0.25, 0.3) is 0 Å². The highest BCUT2D eigenvalue weighted by molar-refractivity contribution is 5.86. The van der Waals surface area contributed by atoms with Gasteiger partial charge in [0.1, 0.15) is 12.6 Å². The maximum Gasteiger partial charge on any atom is 0.408 e. The Morgan fingerprint density at radius 2 is 1.73 bits per heavy atom. The Morgan fingerprint density at radius 1 is 1.10 bits per heavy atom. The average Bonchev–Trinajstić information content (AvgIpc) is 3.27. The number of benzene rings is 2. The molecule has 2 amide bonds. The number of alkyl carbamates (subject to hydrolysis) is 1. The second-order valence-electron chi connectivity index (χ2n) is 7.67. The number of hydrogen-bond donors (Lipinski definition) is 2. The topological polar surface area (TPSA) is 78.9 Å². The molecule has 3 rings (SSSR count). The number of carbonyl (C=O) groups is 2. The molecule has 3 atom stereocenters. The molecule has 1 aliphatic rings. The summed E-state index contributed by atoms with van der Waals surface area (Å²) in [4.78, 5) is 27.5. The molecule has 2 N–H and O–H groups in total. The Bertz CT molecular complexity index is 812. The maximum absolute atomic E-state index is 13.3. The van der Waals surface area contributed by atoms with Gasteiger partial charge in [-0.25, -0.2) is 4.79 Å². The van der Waals surface area contributed by atoms with Crippen LogP contribution in [0.15, 0.2) is 60.7 Å². The average molecular weight is 411 g/mol. The third kappa shape index (κ3) is 5.83. The van der Waals surface area contributed by atoms with Gasteiger partial charge >= 0.3 is 6.09 Å². The first-order chi connectivity index (χ1) is 14.6. The first-order valence-electron chi connectivity index (χ1n) is 10.6. The SMILES string of the molecule is CC[C@@H](O)C1CCCN1C(=O)[C@@H](Cc1ccccc1)NC(=O)OCc1ccccc1. The number of aliphatic hydroxyl groups is 1. The predicted molar refractivity (Wildman–Crippen MR) is 115 cm³/mol. The molecule has 0 saturated carbocycles. The number of nitrogens with one attached hydrogen (secondary N) is 1. The van der Waals surface area contributed by atoms with E-state index in [-0.39, 0.29) is 18.6 Å². The fraction of sp³-hybridized carbons (Fsp3) is 0.417. The van der Waals surface area contributed by atoms with Gasteiger partial charge in [-0.3, -0.25) is 4.79 Å². The van der Waals surface area contributed by atoms with Crippen LogP contribution in [0, 0.1) is 0 Å². The monoisotopic (exact) mass is 410 g/mol. The summed E-state index contributed by atoms with van der Waals surface area (Å²) in [5, 5.41) is 13.1. The van der Waals surface area contributed by atoms with E-state index in [1.54, 1.807) is 4.90 Å². The molecule has 1 fully saturated rings. The standard InChI is InChI=1S/C24H30N2O4/c1-2-22(27)21-14-9-15-26(21)23(28)20(16-18-10-5-3-6-11-18)25-24(29)30-17-19-12-7-4-8-13-19/h3-8,10-13,20-22,27H,2,9,14-17H2,1H3,(H,25,29)/t20-,21?,22-/m1/s1. The van der Waals surface area contributed by atoms with E-state index >= 15 is 0 Å². The van der Waals surface area contributed by atoms with Crippen LogP contribution < -0.4 is 5.32 Å². The lowest BCUT2D eigenvalue weighted by Gasteiger charge is -2.31. The van der Waals surface area contributed by atoms with E-state index in [9.17, 15) is 14.7 Å². The Labute approximate surface area is 177 Å². The molecule has 1 aliphatic heterocycles. The minimum Gasteiger partial charge on any atom is -0.445 e. The van der Waals surface area contributed by atoms with E-state index in [4.69, 9.17) is 4.74 Å². The normalized spacial score (nSPS) is 17.9. The molecule has 0 radical (unpaired) electrons. The summed E-state index contributed by atoms with van der Waals surface area (Å²) >= 11 is 0. The Morgan fingerprint density at radius 3 is 2.37 bits per heavy atom. The van der Waals surface area contributed by atoms with Crippen molar-refractivity contribution in [2.24, 2.45) is 0 Å². The molecular formula is C24H30N2O4. The van der Waals surface area contributed by atoms with Crippen molar-refractivity contribution in [1.82, 2.24) is 10.2 Å². The number of ether oxygens (including phenoxy) is 1. The molecular weight excluding hydrogens is 380 g/mol. The van der Waals surface area contributed by atoms with Gasteiger partial charge in [-0.1, -0.05) is 67.6 Å². The van der Waals surface area contributed by atoms with Crippen molar-refractivity contribution in [3.05, 3.63) is 71.8 Å². The van der Waals surface area contributed by atoms with Crippen molar-refractivity contribution >= 4 is 12.0 Å². The lowest BCUT2D eigenvalue weighted by atomic mass is 10.0. The van der Waals surface area contributed by atoms with Gasteiger partial charge in [0.15, 0.2) is 0 Å². The van der Waals surface area contributed by atoms with Crippen molar-refractivity contribution in [2.75, 3.05) is 6.54 Å². The molecule has 1 heterocycles. The summed E-state index contributed by atoms with van der Waals surface area (Å²) in [6, 6.07) is 18.0. The van der Waals surface area contributed by atoms with Gasteiger partial charge in [0, 0.05) is 13.0 Å². The molecule has 1 saturated heterocycles. The first-order valence-corrected chi connectivity index (χ1v) is 10.6. The summed E-state index contributed by atoms with van der Waals surface area (Å²) in [6.07, 6.45) is 1.40. The number of rotatable bonds is 8. The minimum atomic E-state index is -0.750. The summed E-state index contributed by atoms with van der Waals surface area (Å²) in [5.41, 5.74) is 1.83. The second kappa shape index (κ2) is 10.8. The van der Waals surface area contributed by atoms with Gasteiger partial charge in [0.05, 0.1) is 12.1 Å². The van der Waals surface area contributed by atoms with Crippen LogP contribution in [0.3, 0.4) is 0 Å². The van der Waals surface area contributed by atoms with E-state index in [1.165, 1.54) is 0 Å². The highest BCUT2D eigenvalue weighted by atomic mass is 16.5. The zero-order valence-corrected chi connectivity index (χ0v) is 17.4. The van der Waals surface area contributed by atoms with Gasteiger partial charge in [-0.05, 0) is 30.4 Å². The van der Waals surface area contributed by atoms with Crippen molar-refractivity contribution in [3.63, 3.8) is 0 Å². The van der Waals surface area contributed by atoms with Gasteiger partial charge in [0.2, 0.25) is 5.91 Å². The summed E-state index contributed by atoms with van der Waals surface area (Å²) in [5.74, 6) is -0.175. The van der Waals surface area contributed by atoms with Gasteiger partial charge in [-0.2, -0.15) is 0 Å². The smallest absolute Gasteiger partial charge is 0.408 e. The van der Waals surface area contributed by atoms with E-state index < -0.39 is 18.2 Å². The van der Waals surface area contributed by atoms with Crippen molar-refractivity contribution in [1.29, 1.82) is 0 Å². The highest BCUT2D eigenvalue weighted by Crippen LogP contribution is 2.23. The molecule has 6 heteroatoms. The molecule has 2 aromatic carbocycles. The number of amides is 2. The fourth-order valence-corrected chi connectivity index (χ4v) is 3.90. The highest BCUT2D eigenvalue weighted by Gasteiger charge is 2.37. The van der Waals surface area contributed by atoms with Crippen LogP contribution in [0.2, 0.25) is 0 Å². The number of hydrogen-bond acceptors (Lipinski definition) is 4. The third-order valence-corrected chi connectivity index (χ3v) is 5.53. The van der Waals surface area contributed by atoms with Crippen LogP contribution in [0.5, 0.6) is 0 Å². The van der Waals surface area contributed by atoms with E-state index in [0.717, 1.165) is 24.0 Å². The Kier molecular flexibility index (Phi) is 7.85. The van der Waals surface area contributed by atoms with Crippen LogP contribution in [-0.4, -0.2) is 46.7 Å². The summed E-state index contributed by atoms with van der Waals surface area (Å²) < 4.78 is 5.33. The maximum atomic E-state index is 13.3. The van der Waals surface area contributed by atoms with Crippen LogP contribution in [-0.2, 0) is 22.6 Å². The lowest BCUT2D eigenvalue weighted by molar-refractivity contribution is -0.136. The minimum absolute atomic E-state index is 0.139. The lowest BCUT2D eigenvalue weighted by Crippen LogP contribution is -2.53. The molecule has 0 aliphatic carbocycles. The number of carbonyl (C=O) groups excluding carboxylic acids is 2. The molecule has 30 heavy (non-hydrogen) atoms. The number of likely N-dealkylation sites (tertiary alicyclic amines) is 1. The van der Waals surface area contributed by atoms with Crippen LogP contribution in [0.1, 0.15) is 37.3 Å². The van der Waals surface area contributed by atoms with Crippen molar-refractivity contribution in [2.45, 2.75) is 57.4 Å².